The van der Waals surface area contributed by atoms with Crippen LogP contribution in [0.25, 0.3) is 0 Å². The number of halogens is 1. The molecular formula is C14H11FN2O4. The Morgan fingerprint density at radius 3 is 2.71 bits per heavy atom. The maximum atomic E-state index is 13.4. The lowest BCUT2D eigenvalue weighted by molar-refractivity contribution is -0.385. The fourth-order valence-electron chi connectivity index (χ4n) is 1.80. The number of aromatic hydroxyl groups is 1. The van der Waals surface area contributed by atoms with E-state index in [2.05, 4.69) is 5.32 Å². The zero-order chi connectivity index (χ0) is 15.6. The standard InChI is InChI=1S/C14H11FN2O4/c1-8-11(15)3-2-4-12(8)16-14(19)10-7-9(18)5-6-13(10)17(20)21/h2-7,18H,1H3,(H,16,19). The van der Waals surface area contributed by atoms with Crippen molar-refractivity contribution in [3.05, 3.63) is 63.5 Å². The van der Waals surface area contributed by atoms with E-state index in [0.29, 0.717) is 0 Å². The van der Waals surface area contributed by atoms with Crippen molar-refractivity contribution in [3.63, 3.8) is 0 Å². The molecule has 6 nitrogen and oxygen atoms in total. The maximum Gasteiger partial charge on any atom is 0.282 e. The average molecular weight is 290 g/mol. The van der Waals surface area contributed by atoms with Gasteiger partial charge < -0.3 is 10.4 Å². The summed E-state index contributed by atoms with van der Waals surface area (Å²) in [6.07, 6.45) is 0. The van der Waals surface area contributed by atoms with Crippen LogP contribution in [0.3, 0.4) is 0 Å². The summed E-state index contributed by atoms with van der Waals surface area (Å²) in [5, 5.41) is 22.7. The summed E-state index contributed by atoms with van der Waals surface area (Å²) < 4.78 is 13.4. The van der Waals surface area contributed by atoms with E-state index in [-0.39, 0.29) is 22.6 Å². The second-order valence-corrected chi connectivity index (χ2v) is 4.33. The molecule has 0 saturated carbocycles. The van der Waals surface area contributed by atoms with Gasteiger partial charge in [0.15, 0.2) is 0 Å². The predicted molar refractivity (Wildman–Crippen MR) is 73.9 cm³/mol. The van der Waals surface area contributed by atoms with Crippen molar-refractivity contribution in [1.29, 1.82) is 0 Å². The smallest absolute Gasteiger partial charge is 0.282 e. The molecular weight excluding hydrogens is 279 g/mol. The number of phenolic OH excluding ortho intramolecular Hbond substituents is 1. The van der Waals surface area contributed by atoms with Crippen molar-refractivity contribution in [1.82, 2.24) is 0 Å². The van der Waals surface area contributed by atoms with Crippen LogP contribution in [0.2, 0.25) is 0 Å². The Morgan fingerprint density at radius 2 is 2.05 bits per heavy atom. The molecule has 2 rings (SSSR count). The molecule has 0 unspecified atom stereocenters. The summed E-state index contributed by atoms with van der Waals surface area (Å²) in [6, 6.07) is 7.26. The lowest BCUT2D eigenvalue weighted by Crippen LogP contribution is -2.15. The molecule has 2 aromatic rings. The van der Waals surface area contributed by atoms with Gasteiger partial charge in [-0.05, 0) is 31.2 Å². The lowest BCUT2D eigenvalue weighted by Gasteiger charge is -2.09. The molecule has 0 heterocycles. The molecule has 0 bridgehead atoms. The third kappa shape index (κ3) is 2.97. The lowest BCUT2D eigenvalue weighted by atomic mass is 10.1. The van der Waals surface area contributed by atoms with E-state index in [1.165, 1.54) is 25.1 Å². The molecule has 2 N–H and O–H groups in total. The van der Waals surface area contributed by atoms with Gasteiger partial charge in [0.1, 0.15) is 17.1 Å². The molecule has 0 saturated heterocycles. The van der Waals surface area contributed by atoms with Gasteiger partial charge in [0.2, 0.25) is 0 Å². The number of anilines is 1. The van der Waals surface area contributed by atoms with Gasteiger partial charge in [-0.3, -0.25) is 14.9 Å². The first-order valence-corrected chi connectivity index (χ1v) is 5.94. The molecule has 2 aromatic carbocycles. The second kappa shape index (κ2) is 5.58. The van der Waals surface area contributed by atoms with Crippen molar-refractivity contribution < 1.29 is 19.2 Å². The number of benzene rings is 2. The molecule has 21 heavy (non-hydrogen) atoms. The molecule has 0 aliphatic rings. The summed E-state index contributed by atoms with van der Waals surface area (Å²) in [4.78, 5) is 22.3. The Balaban J connectivity index is 2.39. The van der Waals surface area contributed by atoms with Crippen LogP contribution >= 0.6 is 0 Å². The minimum atomic E-state index is -0.800. The molecule has 0 aromatic heterocycles. The first-order valence-electron chi connectivity index (χ1n) is 5.94. The third-order valence-electron chi connectivity index (χ3n) is 2.94. The van der Waals surface area contributed by atoms with E-state index in [0.717, 1.165) is 18.2 Å². The summed E-state index contributed by atoms with van der Waals surface area (Å²) in [5.74, 6) is -1.58. The SMILES string of the molecule is Cc1c(F)cccc1NC(=O)c1cc(O)ccc1[N+](=O)[O-]. The van der Waals surface area contributed by atoms with Crippen LogP contribution in [-0.2, 0) is 0 Å². The highest BCUT2D eigenvalue weighted by atomic mass is 19.1. The van der Waals surface area contributed by atoms with Crippen LogP contribution in [-0.4, -0.2) is 15.9 Å². The van der Waals surface area contributed by atoms with Crippen LogP contribution < -0.4 is 5.32 Å². The molecule has 0 radical (unpaired) electrons. The van der Waals surface area contributed by atoms with Gasteiger partial charge in [0, 0.05) is 17.3 Å². The van der Waals surface area contributed by atoms with Gasteiger partial charge >= 0.3 is 0 Å². The van der Waals surface area contributed by atoms with Crippen LogP contribution in [0.4, 0.5) is 15.8 Å². The highest BCUT2D eigenvalue weighted by Crippen LogP contribution is 2.25. The normalized spacial score (nSPS) is 10.2. The predicted octanol–water partition coefficient (Wildman–Crippen LogP) is 3.00. The van der Waals surface area contributed by atoms with E-state index < -0.39 is 22.3 Å². The van der Waals surface area contributed by atoms with Crippen molar-refractivity contribution in [2.45, 2.75) is 6.92 Å². The van der Waals surface area contributed by atoms with Crippen molar-refractivity contribution in [2.24, 2.45) is 0 Å². The first kappa shape index (κ1) is 14.4. The molecule has 0 aliphatic heterocycles. The highest BCUT2D eigenvalue weighted by Gasteiger charge is 2.21. The van der Waals surface area contributed by atoms with Crippen LogP contribution in [0.5, 0.6) is 5.75 Å². The van der Waals surface area contributed by atoms with Crippen LogP contribution in [0.15, 0.2) is 36.4 Å². The number of nitrogens with one attached hydrogen (secondary N) is 1. The molecule has 0 spiro atoms. The summed E-state index contributed by atoms with van der Waals surface area (Å²) in [7, 11) is 0. The fourth-order valence-corrected chi connectivity index (χ4v) is 1.80. The number of nitrogens with zero attached hydrogens (tertiary/aromatic N) is 1. The Morgan fingerprint density at radius 1 is 1.33 bits per heavy atom. The fraction of sp³-hybridized carbons (Fsp3) is 0.0714. The minimum absolute atomic E-state index is 0.206. The summed E-state index contributed by atoms with van der Waals surface area (Å²) >= 11 is 0. The molecule has 108 valence electrons. The van der Waals surface area contributed by atoms with Crippen molar-refractivity contribution in [3.8, 4) is 5.75 Å². The van der Waals surface area contributed by atoms with Gasteiger partial charge in [0.25, 0.3) is 11.6 Å². The number of nitro groups is 1. The van der Waals surface area contributed by atoms with E-state index in [9.17, 15) is 24.4 Å². The van der Waals surface area contributed by atoms with E-state index in [1.54, 1.807) is 0 Å². The molecule has 7 heteroatoms. The maximum absolute atomic E-state index is 13.4. The number of hydrogen-bond acceptors (Lipinski definition) is 4. The van der Waals surface area contributed by atoms with Gasteiger partial charge in [-0.25, -0.2) is 4.39 Å². The number of carbonyl (C=O) groups is 1. The first-order chi connectivity index (χ1) is 9.90. The number of amides is 1. The molecule has 0 aliphatic carbocycles. The number of rotatable bonds is 3. The largest absolute Gasteiger partial charge is 0.508 e. The number of carbonyl (C=O) groups excluding carboxylic acids is 1. The number of phenols is 1. The monoisotopic (exact) mass is 290 g/mol. The minimum Gasteiger partial charge on any atom is -0.508 e. The zero-order valence-electron chi connectivity index (χ0n) is 11.0. The second-order valence-electron chi connectivity index (χ2n) is 4.33. The van der Waals surface area contributed by atoms with Crippen molar-refractivity contribution in [2.75, 3.05) is 5.32 Å². The van der Waals surface area contributed by atoms with Gasteiger partial charge in [-0.15, -0.1) is 0 Å². The van der Waals surface area contributed by atoms with Crippen LogP contribution in [0, 0.1) is 22.9 Å². The molecule has 0 atom stereocenters. The molecule has 0 fully saturated rings. The van der Waals surface area contributed by atoms with E-state index in [4.69, 9.17) is 0 Å². The number of nitro benzene ring substituents is 1. The van der Waals surface area contributed by atoms with Crippen LogP contribution in [0.1, 0.15) is 15.9 Å². The molecule has 1 amide bonds. The Labute approximate surface area is 119 Å². The van der Waals surface area contributed by atoms with Crippen molar-refractivity contribution >= 4 is 17.3 Å². The average Bonchev–Trinajstić information content (AvgIpc) is 2.43. The summed E-state index contributed by atoms with van der Waals surface area (Å²) in [6.45, 7) is 1.47. The quantitative estimate of drug-likeness (QED) is 0.671. The third-order valence-corrected chi connectivity index (χ3v) is 2.94. The van der Waals surface area contributed by atoms with Gasteiger partial charge in [0.05, 0.1) is 4.92 Å². The van der Waals surface area contributed by atoms with Gasteiger partial charge in [-0.2, -0.15) is 0 Å². The Bertz CT molecular complexity index is 731. The topological polar surface area (TPSA) is 92.5 Å². The van der Waals surface area contributed by atoms with Gasteiger partial charge in [-0.1, -0.05) is 6.07 Å². The zero-order valence-corrected chi connectivity index (χ0v) is 11.0. The van der Waals surface area contributed by atoms with E-state index in [1.807, 2.05) is 0 Å². The number of hydrogen-bond donors (Lipinski definition) is 2. The van der Waals surface area contributed by atoms with E-state index >= 15 is 0 Å². The Kier molecular flexibility index (Phi) is 3.84. The summed E-state index contributed by atoms with van der Waals surface area (Å²) in [5.41, 5.74) is -0.325. The highest BCUT2D eigenvalue weighted by molar-refractivity contribution is 6.07. The Hall–Kier alpha value is -2.96.